The highest BCUT2D eigenvalue weighted by Crippen LogP contribution is 2.23. The maximum atomic E-state index is 12.1. The van der Waals surface area contributed by atoms with Gasteiger partial charge in [-0.3, -0.25) is 19.6 Å². The first-order valence-corrected chi connectivity index (χ1v) is 7.00. The fourth-order valence-electron chi connectivity index (χ4n) is 1.70. The second kappa shape index (κ2) is 7.20. The number of anilines is 1. The van der Waals surface area contributed by atoms with Crippen molar-refractivity contribution in [2.45, 2.75) is 12.8 Å². The highest BCUT2D eigenvalue weighted by Gasteiger charge is 2.15. The monoisotopic (exact) mass is 339 g/mol. The maximum Gasteiger partial charge on any atom is 0.303 e. The summed E-state index contributed by atoms with van der Waals surface area (Å²) < 4.78 is 0. The third kappa shape index (κ3) is 4.16. The molecule has 8 heteroatoms. The Labute approximate surface area is 136 Å². The van der Waals surface area contributed by atoms with Crippen molar-refractivity contribution >= 4 is 40.8 Å². The second-order valence-electron chi connectivity index (χ2n) is 4.36. The van der Waals surface area contributed by atoms with Crippen LogP contribution < -0.4 is 5.32 Å². The first kappa shape index (κ1) is 16.2. The van der Waals surface area contributed by atoms with Gasteiger partial charge in [0, 0.05) is 24.5 Å². The molecule has 0 radical (unpaired) electrons. The topological polar surface area (TPSA) is 92.2 Å². The van der Waals surface area contributed by atoms with Gasteiger partial charge in [-0.1, -0.05) is 23.2 Å². The number of carbonyl (C=O) groups excluding carboxylic acids is 1. The van der Waals surface area contributed by atoms with Crippen molar-refractivity contribution in [2.75, 3.05) is 5.32 Å². The van der Waals surface area contributed by atoms with Crippen LogP contribution >= 0.6 is 23.2 Å². The van der Waals surface area contributed by atoms with E-state index >= 15 is 0 Å². The third-order valence-corrected chi connectivity index (χ3v) is 3.33. The summed E-state index contributed by atoms with van der Waals surface area (Å²) in [7, 11) is 0. The minimum absolute atomic E-state index is 0.000930. The van der Waals surface area contributed by atoms with E-state index in [1.54, 1.807) is 12.1 Å². The normalized spacial score (nSPS) is 10.3. The molecule has 0 saturated heterocycles. The van der Waals surface area contributed by atoms with Crippen molar-refractivity contribution in [3.63, 3.8) is 0 Å². The number of hydrogen-bond acceptors (Lipinski definition) is 4. The third-order valence-electron chi connectivity index (χ3n) is 2.76. The van der Waals surface area contributed by atoms with Crippen LogP contribution in [0.3, 0.4) is 0 Å². The predicted molar refractivity (Wildman–Crippen MR) is 82.4 cm³/mol. The van der Waals surface area contributed by atoms with Crippen LogP contribution in [0.25, 0.3) is 0 Å². The lowest BCUT2D eigenvalue weighted by Gasteiger charge is -2.08. The van der Waals surface area contributed by atoms with Crippen molar-refractivity contribution < 1.29 is 14.7 Å². The van der Waals surface area contributed by atoms with Gasteiger partial charge in [0.25, 0.3) is 5.91 Å². The van der Waals surface area contributed by atoms with E-state index in [2.05, 4.69) is 15.3 Å². The number of nitrogens with zero attached hydrogens (tertiary/aromatic N) is 2. The molecule has 0 unspecified atom stereocenters. The number of carboxylic acid groups (broad SMARTS) is 1. The zero-order valence-electron chi connectivity index (χ0n) is 11.2. The number of carbonyl (C=O) groups is 2. The minimum atomic E-state index is -0.888. The Morgan fingerprint density at radius 3 is 2.36 bits per heavy atom. The molecular weight excluding hydrogens is 329 g/mol. The average molecular weight is 340 g/mol. The first-order valence-electron chi connectivity index (χ1n) is 6.24. The molecule has 6 nitrogen and oxygen atoms in total. The maximum absolute atomic E-state index is 12.1. The number of rotatable bonds is 5. The number of halogens is 2. The molecule has 2 aromatic rings. The lowest BCUT2D eigenvalue weighted by atomic mass is 10.2. The number of carboxylic acids is 1. The van der Waals surface area contributed by atoms with Gasteiger partial charge in [0.05, 0.1) is 33.9 Å². The Hall–Kier alpha value is -2.18. The molecule has 0 aliphatic heterocycles. The van der Waals surface area contributed by atoms with Gasteiger partial charge in [0.2, 0.25) is 0 Å². The number of pyridine rings is 2. The van der Waals surface area contributed by atoms with Gasteiger partial charge in [-0.15, -0.1) is 0 Å². The zero-order valence-corrected chi connectivity index (χ0v) is 12.7. The van der Waals surface area contributed by atoms with Crippen LogP contribution in [0.5, 0.6) is 0 Å². The van der Waals surface area contributed by atoms with E-state index in [1.807, 2.05) is 0 Å². The van der Waals surface area contributed by atoms with Crippen LogP contribution in [0.1, 0.15) is 22.5 Å². The lowest BCUT2D eigenvalue weighted by molar-refractivity contribution is -0.136. The molecule has 2 N–H and O–H groups in total. The number of nitrogens with one attached hydrogen (secondary N) is 1. The fourth-order valence-corrected chi connectivity index (χ4v) is 2.24. The Balaban J connectivity index is 2.07. The summed E-state index contributed by atoms with van der Waals surface area (Å²) in [5, 5.41) is 11.5. The quantitative estimate of drug-likeness (QED) is 0.873. The van der Waals surface area contributed by atoms with Gasteiger partial charge in [-0.05, 0) is 12.1 Å². The summed E-state index contributed by atoms with van der Waals surface area (Å²) in [4.78, 5) is 30.5. The standard InChI is InChI=1S/C14H11Cl2N3O3/c15-10-6-17-7-11(16)13(10)14(22)19-9-2-1-8(18-5-9)3-4-12(20)21/h1-2,5-7H,3-4H2,(H,19,22)(H,20,21). The van der Waals surface area contributed by atoms with Gasteiger partial charge < -0.3 is 10.4 Å². The molecule has 0 bridgehead atoms. The van der Waals surface area contributed by atoms with Gasteiger partial charge in [-0.2, -0.15) is 0 Å². The average Bonchev–Trinajstić information content (AvgIpc) is 2.46. The van der Waals surface area contributed by atoms with E-state index in [-0.39, 0.29) is 22.0 Å². The molecule has 2 rings (SSSR count). The van der Waals surface area contributed by atoms with Gasteiger partial charge >= 0.3 is 5.97 Å². The predicted octanol–water partition coefficient (Wildman–Crippen LogP) is 3.05. The molecular formula is C14H11Cl2N3O3. The van der Waals surface area contributed by atoms with Gasteiger partial charge in [-0.25, -0.2) is 0 Å². The smallest absolute Gasteiger partial charge is 0.303 e. The summed E-state index contributed by atoms with van der Waals surface area (Å²) in [5.74, 6) is -1.36. The van der Waals surface area contributed by atoms with Gasteiger partial charge in [0.1, 0.15) is 0 Å². The van der Waals surface area contributed by atoms with Crippen molar-refractivity contribution in [1.82, 2.24) is 9.97 Å². The summed E-state index contributed by atoms with van der Waals surface area (Å²) in [5.41, 5.74) is 1.21. The van der Waals surface area contributed by atoms with E-state index in [9.17, 15) is 9.59 Å². The molecule has 0 aliphatic carbocycles. The molecule has 0 aliphatic rings. The molecule has 0 aromatic carbocycles. The van der Waals surface area contributed by atoms with E-state index in [0.29, 0.717) is 17.8 Å². The number of aromatic nitrogens is 2. The largest absolute Gasteiger partial charge is 0.481 e. The molecule has 0 spiro atoms. The van der Waals surface area contributed by atoms with Crippen molar-refractivity contribution in [3.05, 3.63) is 52.0 Å². The van der Waals surface area contributed by atoms with Crippen LogP contribution in [0.2, 0.25) is 10.0 Å². The Bertz CT molecular complexity index is 685. The lowest BCUT2D eigenvalue weighted by Crippen LogP contribution is -2.13. The van der Waals surface area contributed by atoms with Crippen molar-refractivity contribution in [2.24, 2.45) is 0 Å². The molecule has 22 heavy (non-hydrogen) atoms. The summed E-state index contributed by atoms with van der Waals surface area (Å²) in [6, 6.07) is 3.28. The number of amides is 1. The summed E-state index contributed by atoms with van der Waals surface area (Å²) in [6.45, 7) is 0. The van der Waals surface area contributed by atoms with Crippen LogP contribution in [0.4, 0.5) is 5.69 Å². The molecule has 0 fully saturated rings. The van der Waals surface area contributed by atoms with Crippen LogP contribution in [0.15, 0.2) is 30.7 Å². The van der Waals surface area contributed by atoms with Crippen LogP contribution in [0, 0.1) is 0 Å². The SMILES string of the molecule is O=C(O)CCc1ccc(NC(=O)c2c(Cl)cncc2Cl)cn1. The van der Waals surface area contributed by atoms with E-state index in [1.165, 1.54) is 18.6 Å². The number of aliphatic carboxylic acids is 1. The van der Waals surface area contributed by atoms with E-state index in [0.717, 1.165) is 0 Å². The molecule has 2 heterocycles. The highest BCUT2D eigenvalue weighted by atomic mass is 35.5. The fraction of sp³-hybridized carbons (Fsp3) is 0.143. The molecule has 114 valence electrons. The summed E-state index contributed by atoms with van der Waals surface area (Å²) in [6.07, 6.45) is 4.43. The highest BCUT2D eigenvalue weighted by molar-refractivity contribution is 6.40. The van der Waals surface area contributed by atoms with Crippen molar-refractivity contribution in [1.29, 1.82) is 0 Å². The first-order chi connectivity index (χ1) is 10.5. The minimum Gasteiger partial charge on any atom is -0.481 e. The Kier molecular flexibility index (Phi) is 5.30. The van der Waals surface area contributed by atoms with Crippen LogP contribution in [-0.2, 0) is 11.2 Å². The second-order valence-corrected chi connectivity index (χ2v) is 5.18. The molecule has 0 atom stereocenters. The summed E-state index contributed by atoms with van der Waals surface area (Å²) >= 11 is 11.8. The van der Waals surface area contributed by atoms with Crippen molar-refractivity contribution in [3.8, 4) is 0 Å². The Morgan fingerprint density at radius 2 is 1.82 bits per heavy atom. The number of aryl methyl sites for hydroxylation is 1. The molecule has 1 amide bonds. The van der Waals surface area contributed by atoms with E-state index < -0.39 is 11.9 Å². The van der Waals surface area contributed by atoms with E-state index in [4.69, 9.17) is 28.3 Å². The molecule has 0 saturated carbocycles. The van der Waals surface area contributed by atoms with Crippen LogP contribution in [-0.4, -0.2) is 27.0 Å². The number of hydrogen-bond donors (Lipinski definition) is 2. The molecule has 2 aromatic heterocycles. The van der Waals surface area contributed by atoms with Gasteiger partial charge in [0.15, 0.2) is 0 Å². The Morgan fingerprint density at radius 1 is 1.14 bits per heavy atom. The zero-order chi connectivity index (χ0) is 16.1.